The number of nitrogens with zero attached hydrogens (tertiary/aromatic N) is 1. The minimum Gasteiger partial charge on any atom is -0.313 e. The quantitative estimate of drug-likeness (QED) is 0.662. The van der Waals surface area contributed by atoms with Gasteiger partial charge in [0.25, 0.3) is 0 Å². The summed E-state index contributed by atoms with van der Waals surface area (Å²) in [5, 5.41) is 3.70. The van der Waals surface area contributed by atoms with Gasteiger partial charge >= 0.3 is 0 Å². The normalized spacial score (nSPS) is 42.1. The van der Waals surface area contributed by atoms with Crippen LogP contribution in [0.5, 0.6) is 0 Å². The SMILES string of the molecule is C1=CCN(CC2CC3CCC2NC3)C1. The van der Waals surface area contributed by atoms with Crippen LogP contribution in [0.4, 0.5) is 0 Å². The van der Waals surface area contributed by atoms with Gasteiger partial charge in [-0.15, -0.1) is 0 Å². The van der Waals surface area contributed by atoms with Crippen molar-refractivity contribution < 1.29 is 0 Å². The van der Waals surface area contributed by atoms with Gasteiger partial charge in [0.1, 0.15) is 0 Å². The summed E-state index contributed by atoms with van der Waals surface area (Å²) in [5.41, 5.74) is 0. The van der Waals surface area contributed by atoms with Crippen molar-refractivity contribution in [3.8, 4) is 0 Å². The van der Waals surface area contributed by atoms with Gasteiger partial charge in [-0.1, -0.05) is 12.2 Å². The van der Waals surface area contributed by atoms with Gasteiger partial charge in [0.2, 0.25) is 0 Å². The Bertz CT molecular complexity index is 220. The Morgan fingerprint density at radius 1 is 1.21 bits per heavy atom. The van der Waals surface area contributed by atoms with Gasteiger partial charge in [-0.05, 0) is 37.6 Å². The smallest absolute Gasteiger partial charge is 0.0167 e. The van der Waals surface area contributed by atoms with E-state index in [1.54, 1.807) is 0 Å². The number of nitrogens with one attached hydrogen (secondary N) is 1. The zero-order chi connectivity index (χ0) is 9.38. The molecular weight excluding hydrogens is 172 g/mol. The second-order valence-corrected chi connectivity index (χ2v) is 5.14. The van der Waals surface area contributed by atoms with Crippen molar-refractivity contribution >= 4 is 0 Å². The molecule has 1 aliphatic carbocycles. The molecule has 2 heteroatoms. The topological polar surface area (TPSA) is 15.3 Å². The van der Waals surface area contributed by atoms with Gasteiger partial charge in [0, 0.05) is 25.7 Å². The molecule has 0 aromatic rings. The Labute approximate surface area is 86.4 Å². The van der Waals surface area contributed by atoms with Crippen LogP contribution in [0, 0.1) is 11.8 Å². The standard InChI is InChI=1S/C12H20N2/c1-2-6-14(5-1)9-11-7-10-3-4-12(11)13-8-10/h1-2,10-13H,3-9H2. The molecule has 3 heterocycles. The highest BCUT2D eigenvalue weighted by atomic mass is 15.1. The van der Waals surface area contributed by atoms with E-state index in [0.717, 1.165) is 17.9 Å². The lowest BCUT2D eigenvalue weighted by Gasteiger charge is -2.44. The summed E-state index contributed by atoms with van der Waals surface area (Å²) in [6.45, 7) is 4.99. The van der Waals surface area contributed by atoms with E-state index in [9.17, 15) is 0 Å². The van der Waals surface area contributed by atoms with Crippen molar-refractivity contribution in [3.63, 3.8) is 0 Å². The molecule has 2 saturated heterocycles. The molecule has 78 valence electrons. The monoisotopic (exact) mass is 192 g/mol. The lowest BCUT2D eigenvalue weighted by atomic mass is 9.74. The van der Waals surface area contributed by atoms with Crippen LogP contribution in [0.2, 0.25) is 0 Å². The molecule has 3 aliphatic heterocycles. The molecule has 3 unspecified atom stereocenters. The Kier molecular flexibility index (Phi) is 2.34. The molecule has 3 atom stereocenters. The van der Waals surface area contributed by atoms with Gasteiger partial charge in [-0.3, -0.25) is 4.90 Å². The van der Waals surface area contributed by atoms with E-state index in [0.29, 0.717) is 0 Å². The zero-order valence-electron chi connectivity index (χ0n) is 8.78. The predicted octanol–water partition coefficient (Wildman–Crippen LogP) is 1.25. The average molecular weight is 192 g/mol. The molecular formula is C12H20N2. The number of piperidine rings is 2. The van der Waals surface area contributed by atoms with Gasteiger partial charge in [-0.2, -0.15) is 0 Å². The summed E-state index contributed by atoms with van der Waals surface area (Å²) in [6.07, 6.45) is 8.99. The minimum atomic E-state index is 0.834. The Hall–Kier alpha value is -0.340. The van der Waals surface area contributed by atoms with E-state index in [4.69, 9.17) is 0 Å². The number of fused-ring (bicyclic) bond motifs is 3. The van der Waals surface area contributed by atoms with Crippen molar-refractivity contribution in [3.05, 3.63) is 12.2 Å². The van der Waals surface area contributed by atoms with Gasteiger partial charge in [0.15, 0.2) is 0 Å². The van der Waals surface area contributed by atoms with Gasteiger partial charge < -0.3 is 5.32 Å². The maximum atomic E-state index is 3.70. The molecule has 0 aromatic heterocycles. The molecule has 0 spiro atoms. The van der Waals surface area contributed by atoms with Crippen LogP contribution in [0.3, 0.4) is 0 Å². The summed E-state index contributed by atoms with van der Waals surface area (Å²) < 4.78 is 0. The van der Waals surface area contributed by atoms with Crippen molar-refractivity contribution in [2.75, 3.05) is 26.2 Å². The van der Waals surface area contributed by atoms with Crippen LogP contribution >= 0.6 is 0 Å². The Morgan fingerprint density at radius 2 is 2.07 bits per heavy atom. The molecule has 0 radical (unpaired) electrons. The molecule has 1 N–H and O–H groups in total. The molecule has 4 aliphatic rings. The molecule has 1 saturated carbocycles. The van der Waals surface area contributed by atoms with E-state index in [1.807, 2.05) is 0 Å². The lowest BCUT2D eigenvalue weighted by Crippen LogP contribution is -2.53. The van der Waals surface area contributed by atoms with E-state index in [1.165, 1.54) is 45.4 Å². The average Bonchev–Trinajstić information content (AvgIpc) is 2.72. The van der Waals surface area contributed by atoms with E-state index in [2.05, 4.69) is 22.4 Å². The van der Waals surface area contributed by atoms with Crippen LogP contribution in [-0.2, 0) is 0 Å². The molecule has 0 amide bonds. The summed E-state index contributed by atoms with van der Waals surface area (Å²) in [4.78, 5) is 2.58. The third kappa shape index (κ3) is 1.61. The number of hydrogen-bond donors (Lipinski definition) is 1. The summed E-state index contributed by atoms with van der Waals surface area (Å²) in [5.74, 6) is 1.92. The van der Waals surface area contributed by atoms with Crippen LogP contribution in [-0.4, -0.2) is 37.1 Å². The highest BCUT2D eigenvalue weighted by Gasteiger charge is 2.35. The number of rotatable bonds is 2. The third-order valence-electron chi connectivity index (χ3n) is 4.15. The fraction of sp³-hybridized carbons (Fsp3) is 0.833. The lowest BCUT2D eigenvalue weighted by molar-refractivity contribution is 0.108. The maximum Gasteiger partial charge on any atom is 0.0167 e. The molecule has 2 bridgehead atoms. The van der Waals surface area contributed by atoms with Crippen molar-refractivity contribution in [1.29, 1.82) is 0 Å². The summed E-state index contributed by atoms with van der Waals surface area (Å²) in [6, 6.07) is 0.834. The van der Waals surface area contributed by atoms with Crippen LogP contribution < -0.4 is 5.32 Å². The molecule has 4 rings (SSSR count). The summed E-state index contributed by atoms with van der Waals surface area (Å²) >= 11 is 0. The third-order valence-corrected chi connectivity index (χ3v) is 4.15. The first-order valence-electron chi connectivity index (χ1n) is 6.02. The van der Waals surface area contributed by atoms with Crippen LogP contribution in [0.25, 0.3) is 0 Å². The first kappa shape index (κ1) is 8.93. The molecule has 14 heavy (non-hydrogen) atoms. The van der Waals surface area contributed by atoms with E-state index < -0.39 is 0 Å². The second-order valence-electron chi connectivity index (χ2n) is 5.14. The fourth-order valence-electron chi connectivity index (χ4n) is 3.34. The molecule has 0 aromatic carbocycles. The second kappa shape index (κ2) is 3.67. The van der Waals surface area contributed by atoms with Crippen molar-refractivity contribution in [2.45, 2.75) is 25.3 Å². The Balaban J connectivity index is 1.57. The van der Waals surface area contributed by atoms with Crippen molar-refractivity contribution in [1.82, 2.24) is 10.2 Å². The predicted molar refractivity (Wildman–Crippen MR) is 58.2 cm³/mol. The van der Waals surface area contributed by atoms with E-state index in [-0.39, 0.29) is 0 Å². The molecule has 2 nitrogen and oxygen atoms in total. The highest BCUT2D eigenvalue weighted by molar-refractivity contribution is 4.98. The highest BCUT2D eigenvalue weighted by Crippen LogP contribution is 2.34. The van der Waals surface area contributed by atoms with E-state index >= 15 is 0 Å². The zero-order valence-corrected chi connectivity index (χ0v) is 8.78. The first-order chi connectivity index (χ1) is 6.92. The fourth-order valence-corrected chi connectivity index (χ4v) is 3.34. The van der Waals surface area contributed by atoms with Crippen molar-refractivity contribution in [2.24, 2.45) is 11.8 Å². The molecule has 3 fully saturated rings. The van der Waals surface area contributed by atoms with Gasteiger partial charge in [-0.25, -0.2) is 0 Å². The minimum absolute atomic E-state index is 0.834. The van der Waals surface area contributed by atoms with Crippen LogP contribution in [0.15, 0.2) is 12.2 Å². The number of hydrogen-bond acceptors (Lipinski definition) is 2. The Morgan fingerprint density at radius 3 is 2.64 bits per heavy atom. The maximum absolute atomic E-state index is 3.70. The first-order valence-corrected chi connectivity index (χ1v) is 6.02. The summed E-state index contributed by atoms with van der Waals surface area (Å²) in [7, 11) is 0. The largest absolute Gasteiger partial charge is 0.313 e. The van der Waals surface area contributed by atoms with Crippen LogP contribution in [0.1, 0.15) is 19.3 Å². The van der Waals surface area contributed by atoms with Gasteiger partial charge in [0.05, 0.1) is 0 Å².